The average Bonchev–Trinajstić information content (AvgIpc) is 3.19. The molecule has 1 atom stereocenters. The van der Waals surface area contributed by atoms with E-state index in [1.54, 1.807) is 25.1 Å². The first-order valence-electron chi connectivity index (χ1n) is 6.52. The molecule has 0 aliphatic rings. The Morgan fingerprint density at radius 2 is 2.23 bits per heavy atom. The first-order chi connectivity index (χ1) is 10.7. The van der Waals surface area contributed by atoms with E-state index in [9.17, 15) is 9.18 Å². The van der Waals surface area contributed by atoms with Crippen LogP contribution in [-0.2, 0) is 0 Å². The minimum absolute atomic E-state index is 0.237. The molecule has 3 aromatic rings. The molecule has 0 saturated heterocycles. The third kappa shape index (κ3) is 2.58. The number of nitrogens with zero attached hydrogens (tertiary/aromatic N) is 3. The molecule has 8 heteroatoms. The number of aromatic nitrogens is 4. The second-order valence-electron chi connectivity index (χ2n) is 4.62. The number of carbonyl (C=O) groups excluding carboxylic acids is 1. The second-order valence-corrected chi connectivity index (χ2v) is 4.62. The van der Waals surface area contributed by atoms with Crippen molar-refractivity contribution in [3.8, 4) is 11.3 Å². The monoisotopic (exact) mass is 301 g/mol. The third-order valence-electron chi connectivity index (χ3n) is 3.14. The summed E-state index contributed by atoms with van der Waals surface area (Å²) in [6, 6.07) is 5.70. The van der Waals surface area contributed by atoms with Crippen LogP contribution >= 0.6 is 0 Å². The molecule has 7 nitrogen and oxygen atoms in total. The van der Waals surface area contributed by atoms with Gasteiger partial charge in [0.2, 0.25) is 6.39 Å². The fraction of sp³-hybridized carbons (Fsp3) is 0.143. The molecule has 0 aliphatic heterocycles. The Kier molecular flexibility index (Phi) is 3.65. The predicted molar refractivity (Wildman–Crippen MR) is 74.2 cm³/mol. The lowest BCUT2D eigenvalue weighted by molar-refractivity contribution is 0.0938. The van der Waals surface area contributed by atoms with Crippen molar-refractivity contribution in [2.75, 3.05) is 0 Å². The minimum atomic E-state index is -0.449. The highest BCUT2D eigenvalue weighted by molar-refractivity contribution is 5.99. The molecule has 0 bridgehead atoms. The minimum Gasteiger partial charge on any atom is -0.343 e. The van der Waals surface area contributed by atoms with E-state index in [0.29, 0.717) is 11.5 Å². The Labute approximate surface area is 124 Å². The van der Waals surface area contributed by atoms with Crippen LogP contribution in [0.4, 0.5) is 4.39 Å². The maximum atomic E-state index is 13.9. The van der Waals surface area contributed by atoms with Gasteiger partial charge in [-0.2, -0.15) is 10.1 Å². The SMILES string of the molecule is C[C@@H](NC(=O)c1cn[nH]c1-c1ccccc1F)c1ncon1. The molecule has 0 fully saturated rings. The number of benzene rings is 1. The van der Waals surface area contributed by atoms with Crippen LogP contribution in [0, 0.1) is 5.82 Å². The topological polar surface area (TPSA) is 96.7 Å². The van der Waals surface area contributed by atoms with Gasteiger partial charge in [0.15, 0.2) is 5.82 Å². The largest absolute Gasteiger partial charge is 0.343 e. The van der Waals surface area contributed by atoms with Crippen LogP contribution in [0.3, 0.4) is 0 Å². The maximum absolute atomic E-state index is 13.9. The number of halogens is 1. The molecule has 1 amide bonds. The van der Waals surface area contributed by atoms with E-state index in [0.717, 1.165) is 0 Å². The lowest BCUT2D eigenvalue weighted by atomic mass is 10.1. The van der Waals surface area contributed by atoms with Crippen molar-refractivity contribution < 1.29 is 13.7 Å². The smallest absolute Gasteiger partial charge is 0.255 e. The molecule has 112 valence electrons. The van der Waals surface area contributed by atoms with Crippen molar-refractivity contribution in [3.63, 3.8) is 0 Å². The van der Waals surface area contributed by atoms with Crippen molar-refractivity contribution >= 4 is 5.91 Å². The summed E-state index contributed by atoms with van der Waals surface area (Å²) in [6.45, 7) is 1.71. The van der Waals surface area contributed by atoms with Gasteiger partial charge in [-0.25, -0.2) is 4.39 Å². The van der Waals surface area contributed by atoms with Crippen LogP contribution < -0.4 is 5.32 Å². The van der Waals surface area contributed by atoms with Crippen LogP contribution in [0.5, 0.6) is 0 Å². The Hall–Kier alpha value is -3.03. The lowest BCUT2D eigenvalue weighted by Crippen LogP contribution is -2.27. The highest BCUT2D eigenvalue weighted by Crippen LogP contribution is 2.24. The maximum Gasteiger partial charge on any atom is 0.255 e. The van der Waals surface area contributed by atoms with E-state index >= 15 is 0 Å². The summed E-state index contributed by atoms with van der Waals surface area (Å²) in [7, 11) is 0. The number of amides is 1. The standard InChI is InChI=1S/C14H12FN5O2/c1-8(13-16-7-22-20-13)18-14(21)10-6-17-19-12(10)9-4-2-3-5-11(9)15/h2-8H,1H3,(H,17,19)(H,18,21)/t8-/m1/s1. The molecule has 0 radical (unpaired) electrons. The average molecular weight is 301 g/mol. The van der Waals surface area contributed by atoms with E-state index in [1.807, 2.05) is 0 Å². The zero-order chi connectivity index (χ0) is 15.5. The van der Waals surface area contributed by atoms with Crippen LogP contribution in [0.25, 0.3) is 11.3 Å². The van der Waals surface area contributed by atoms with Crippen LogP contribution in [0.2, 0.25) is 0 Å². The molecular formula is C14H12FN5O2. The number of hydrogen-bond acceptors (Lipinski definition) is 5. The molecule has 3 rings (SSSR count). The normalized spacial score (nSPS) is 12.1. The van der Waals surface area contributed by atoms with Crippen molar-refractivity contribution in [3.05, 3.63) is 54.1 Å². The van der Waals surface area contributed by atoms with E-state index < -0.39 is 17.8 Å². The Morgan fingerprint density at radius 1 is 1.41 bits per heavy atom. The summed E-state index contributed by atoms with van der Waals surface area (Å²) in [5.41, 5.74) is 0.828. The molecule has 2 aromatic heterocycles. The highest BCUT2D eigenvalue weighted by atomic mass is 19.1. The van der Waals surface area contributed by atoms with Crippen LogP contribution in [-0.4, -0.2) is 26.2 Å². The van der Waals surface area contributed by atoms with Crippen molar-refractivity contribution in [1.29, 1.82) is 0 Å². The van der Waals surface area contributed by atoms with Gasteiger partial charge in [-0.05, 0) is 19.1 Å². The highest BCUT2D eigenvalue weighted by Gasteiger charge is 2.20. The molecule has 1 aromatic carbocycles. The fourth-order valence-corrected chi connectivity index (χ4v) is 2.04. The molecule has 2 N–H and O–H groups in total. The summed E-state index contributed by atoms with van der Waals surface area (Å²) in [5.74, 6) is -0.499. The number of nitrogens with one attached hydrogen (secondary N) is 2. The summed E-state index contributed by atoms with van der Waals surface area (Å²) in [5, 5.41) is 12.8. The molecule has 0 unspecified atom stereocenters. The third-order valence-corrected chi connectivity index (χ3v) is 3.14. The van der Waals surface area contributed by atoms with E-state index in [1.165, 1.54) is 18.7 Å². The number of aromatic amines is 1. The molecule has 22 heavy (non-hydrogen) atoms. The first-order valence-corrected chi connectivity index (χ1v) is 6.52. The fourth-order valence-electron chi connectivity index (χ4n) is 2.04. The number of hydrogen-bond donors (Lipinski definition) is 2. The summed E-state index contributed by atoms with van der Waals surface area (Å²) in [6.07, 6.45) is 2.53. The number of carbonyl (C=O) groups is 1. The van der Waals surface area contributed by atoms with E-state index in [2.05, 4.69) is 30.2 Å². The lowest BCUT2D eigenvalue weighted by Gasteiger charge is -2.10. The van der Waals surface area contributed by atoms with Gasteiger partial charge in [-0.15, -0.1) is 0 Å². The van der Waals surface area contributed by atoms with Crippen LogP contribution in [0.15, 0.2) is 41.4 Å². The van der Waals surface area contributed by atoms with E-state index in [4.69, 9.17) is 0 Å². The van der Waals surface area contributed by atoms with Gasteiger partial charge in [0.05, 0.1) is 23.5 Å². The van der Waals surface area contributed by atoms with Gasteiger partial charge in [0.1, 0.15) is 5.82 Å². The molecule has 0 spiro atoms. The zero-order valence-corrected chi connectivity index (χ0v) is 11.6. The van der Waals surface area contributed by atoms with E-state index in [-0.39, 0.29) is 11.1 Å². The molecular weight excluding hydrogens is 289 g/mol. The van der Waals surface area contributed by atoms with Crippen LogP contribution in [0.1, 0.15) is 29.1 Å². The molecule has 2 heterocycles. The van der Waals surface area contributed by atoms with Gasteiger partial charge < -0.3 is 9.84 Å². The zero-order valence-electron chi connectivity index (χ0n) is 11.6. The Balaban J connectivity index is 1.86. The van der Waals surface area contributed by atoms with Gasteiger partial charge in [0, 0.05) is 5.56 Å². The van der Waals surface area contributed by atoms with Crippen molar-refractivity contribution in [2.24, 2.45) is 0 Å². The van der Waals surface area contributed by atoms with Crippen molar-refractivity contribution in [2.45, 2.75) is 13.0 Å². The Bertz CT molecular complexity index is 784. The van der Waals surface area contributed by atoms with Gasteiger partial charge in [0.25, 0.3) is 5.91 Å². The van der Waals surface area contributed by atoms with Gasteiger partial charge >= 0.3 is 0 Å². The quantitative estimate of drug-likeness (QED) is 0.769. The summed E-state index contributed by atoms with van der Waals surface area (Å²) in [4.78, 5) is 16.2. The summed E-state index contributed by atoms with van der Waals surface area (Å²) >= 11 is 0. The number of rotatable bonds is 4. The van der Waals surface area contributed by atoms with Gasteiger partial charge in [-0.3, -0.25) is 9.89 Å². The first kappa shape index (κ1) is 13.9. The van der Waals surface area contributed by atoms with Crippen molar-refractivity contribution in [1.82, 2.24) is 25.7 Å². The second kappa shape index (κ2) is 5.76. The Morgan fingerprint density at radius 3 is 2.95 bits per heavy atom. The molecule has 0 aliphatic carbocycles. The van der Waals surface area contributed by atoms with Gasteiger partial charge in [-0.1, -0.05) is 17.3 Å². The molecule has 0 saturated carbocycles. The summed E-state index contributed by atoms with van der Waals surface area (Å²) < 4.78 is 18.5. The predicted octanol–water partition coefficient (Wildman–Crippen LogP) is 2.09. The number of H-pyrrole nitrogens is 1.